The first kappa shape index (κ1) is 19.0. The summed E-state index contributed by atoms with van der Waals surface area (Å²) in [6.45, 7) is 7.52. The molecule has 1 aromatic carbocycles. The molecule has 1 aromatic heterocycles. The molecule has 0 atom stereocenters. The van der Waals surface area contributed by atoms with Crippen molar-refractivity contribution in [2.24, 2.45) is 12.2 Å². The van der Waals surface area contributed by atoms with Gasteiger partial charge in [-0.3, -0.25) is 0 Å². The number of rotatable bonds is 6. The molecule has 2 aromatic rings. The number of benzene rings is 1. The second-order valence-electron chi connectivity index (χ2n) is 5.48. The Balaban J connectivity index is 2.48. The highest BCUT2D eigenvalue weighted by Gasteiger charge is 2.23. The third-order valence-electron chi connectivity index (χ3n) is 3.70. The zero-order chi connectivity index (χ0) is 18.1. The molecule has 4 nitrogen and oxygen atoms in total. The second-order valence-corrected chi connectivity index (χ2v) is 8.38. The van der Waals surface area contributed by atoms with Crippen LogP contribution in [0, 0.1) is 0 Å². The van der Waals surface area contributed by atoms with Crippen LogP contribution in [0.3, 0.4) is 0 Å². The standard InChI is InChI=1S/C17H18BrClN2O2S/c1-11(4-6-12(2)19)5-9-15-17(24(20,22)23)14-8-7-13(18)10-16(14)21(15)3/h4,6-8,10H,1-2,5,9H2,3H3,(H2,20,22,23)/b6-4-. The van der Waals surface area contributed by atoms with E-state index in [4.69, 9.17) is 16.7 Å². The lowest BCUT2D eigenvalue weighted by atomic mass is 10.1. The molecule has 0 bridgehead atoms. The van der Waals surface area contributed by atoms with Crippen molar-refractivity contribution in [1.82, 2.24) is 4.57 Å². The fraction of sp³-hybridized carbons (Fsp3) is 0.176. The Morgan fingerprint density at radius 2 is 2.04 bits per heavy atom. The van der Waals surface area contributed by atoms with Gasteiger partial charge in [0.25, 0.3) is 0 Å². The molecule has 0 aliphatic rings. The summed E-state index contributed by atoms with van der Waals surface area (Å²) < 4.78 is 27.0. The van der Waals surface area contributed by atoms with Crippen molar-refractivity contribution in [3.05, 3.63) is 64.3 Å². The van der Waals surface area contributed by atoms with Crippen LogP contribution in [-0.4, -0.2) is 13.0 Å². The zero-order valence-electron chi connectivity index (χ0n) is 13.2. The van der Waals surface area contributed by atoms with E-state index in [0.717, 1.165) is 15.6 Å². The second kappa shape index (κ2) is 7.27. The molecule has 2 rings (SSSR count). The molecule has 1 heterocycles. The predicted molar refractivity (Wildman–Crippen MR) is 104 cm³/mol. The number of sulfonamides is 1. The summed E-state index contributed by atoms with van der Waals surface area (Å²) in [7, 11) is -2.01. The van der Waals surface area contributed by atoms with Gasteiger partial charge in [-0.15, -0.1) is 0 Å². The van der Waals surface area contributed by atoms with Crippen LogP contribution in [0.2, 0.25) is 0 Å². The maximum atomic E-state index is 12.1. The maximum absolute atomic E-state index is 12.1. The molecule has 0 saturated heterocycles. The molecule has 24 heavy (non-hydrogen) atoms. The SMILES string of the molecule is C=C(Cl)/C=C\C(=C)CCc1c(S(N)(=O)=O)c2ccc(Br)cc2n1C. The van der Waals surface area contributed by atoms with Gasteiger partial charge in [-0.05, 0) is 31.1 Å². The lowest BCUT2D eigenvalue weighted by Gasteiger charge is -2.07. The summed E-state index contributed by atoms with van der Waals surface area (Å²) in [5.74, 6) is 0. The highest BCUT2D eigenvalue weighted by molar-refractivity contribution is 9.10. The van der Waals surface area contributed by atoms with Crippen molar-refractivity contribution in [2.45, 2.75) is 17.7 Å². The number of aromatic nitrogens is 1. The fourth-order valence-corrected chi connectivity index (χ4v) is 4.06. The average Bonchev–Trinajstić information content (AvgIpc) is 2.75. The van der Waals surface area contributed by atoms with Gasteiger partial charge >= 0.3 is 0 Å². The van der Waals surface area contributed by atoms with Crippen LogP contribution >= 0.6 is 27.5 Å². The van der Waals surface area contributed by atoms with E-state index in [0.29, 0.717) is 29.0 Å². The number of primary sulfonamides is 1. The highest BCUT2D eigenvalue weighted by Crippen LogP contribution is 2.32. The molecular formula is C17H18BrClN2O2S. The third kappa shape index (κ3) is 4.19. The molecule has 0 fully saturated rings. The van der Waals surface area contributed by atoms with Gasteiger partial charge < -0.3 is 4.57 Å². The molecule has 0 radical (unpaired) electrons. The van der Waals surface area contributed by atoms with E-state index in [-0.39, 0.29) is 4.90 Å². The Morgan fingerprint density at radius 3 is 2.62 bits per heavy atom. The van der Waals surface area contributed by atoms with Crippen LogP contribution in [0.1, 0.15) is 12.1 Å². The number of halogens is 2. The van der Waals surface area contributed by atoms with Gasteiger partial charge in [0.05, 0.1) is 5.52 Å². The Hall–Kier alpha value is -1.34. The highest BCUT2D eigenvalue weighted by atomic mass is 79.9. The van der Waals surface area contributed by atoms with Gasteiger partial charge in [0, 0.05) is 27.6 Å². The van der Waals surface area contributed by atoms with E-state index >= 15 is 0 Å². The Morgan fingerprint density at radius 1 is 1.38 bits per heavy atom. The molecular weight excluding hydrogens is 412 g/mol. The number of fused-ring (bicyclic) bond motifs is 1. The fourth-order valence-electron chi connectivity index (χ4n) is 2.60. The van der Waals surface area contributed by atoms with Crippen LogP contribution in [0.15, 0.2) is 63.5 Å². The van der Waals surface area contributed by atoms with E-state index in [9.17, 15) is 8.42 Å². The maximum Gasteiger partial charge on any atom is 0.240 e. The first-order valence-electron chi connectivity index (χ1n) is 7.11. The number of nitrogens with zero attached hydrogens (tertiary/aromatic N) is 1. The molecule has 7 heteroatoms. The van der Waals surface area contributed by atoms with E-state index in [1.54, 1.807) is 24.3 Å². The Bertz CT molecular complexity index is 959. The summed E-state index contributed by atoms with van der Waals surface area (Å²) in [4.78, 5) is 0.172. The summed E-state index contributed by atoms with van der Waals surface area (Å²) in [6, 6.07) is 5.43. The third-order valence-corrected chi connectivity index (χ3v) is 5.34. The predicted octanol–water partition coefficient (Wildman–Crippen LogP) is 4.39. The Labute approximate surface area is 155 Å². The van der Waals surface area contributed by atoms with Crippen LogP contribution in [0.25, 0.3) is 10.9 Å². The first-order valence-corrected chi connectivity index (χ1v) is 9.83. The smallest absolute Gasteiger partial charge is 0.240 e. The van der Waals surface area contributed by atoms with Crippen molar-refractivity contribution in [3.63, 3.8) is 0 Å². The number of hydrogen-bond donors (Lipinski definition) is 1. The van der Waals surface area contributed by atoms with Gasteiger partial charge in [0.15, 0.2) is 0 Å². The first-order chi connectivity index (χ1) is 11.1. The number of nitrogens with two attached hydrogens (primary N) is 1. The zero-order valence-corrected chi connectivity index (χ0v) is 16.4. The Kier molecular flexibility index (Phi) is 5.75. The van der Waals surface area contributed by atoms with Gasteiger partial charge in [-0.25, -0.2) is 13.6 Å². The summed E-state index contributed by atoms with van der Waals surface area (Å²) in [6.07, 6.45) is 4.50. The monoisotopic (exact) mass is 428 g/mol. The average molecular weight is 430 g/mol. The molecule has 0 unspecified atom stereocenters. The molecule has 0 aliphatic heterocycles. The van der Waals surface area contributed by atoms with Gasteiger partial charge in [0.1, 0.15) is 4.90 Å². The quantitative estimate of drug-likeness (QED) is 0.692. The number of allylic oxidation sites excluding steroid dienone is 4. The van der Waals surface area contributed by atoms with Crippen LogP contribution < -0.4 is 5.14 Å². The van der Waals surface area contributed by atoms with Crippen LogP contribution in [0.5, 0.6) is 0 Å². The van der Waals surface area contributed by atoms with Gasteiger partial charge in [-0.1, -0.05) is 58.4 Å². The normalized spacial score (nSPS) is 12.2. The summed E-state index contributed by atoms with van der Waals surface area (Å²) in [5, 5.41) is 6.49. The van der Waals surface area contributed by atoms with Crippen LogP contribution in [-0.2, 0) is 23.5 Å². The number of aryl methyl sites for hydroxylation is 1. The van der Waals surface area contributed by atoms with Crippen molar-refractivity contribution < 1.29 is 8.42 Å². The molecule has 2 N–H and O–H groups in total. The molecule has 0 amide bonds. The van der Waals surface area contributed by atoms with Crippen LogP contribution in [0.4, 0.5) is 0 Å². The minimum Gasteiger partial charge on any atom is -0.346 e. The molecule has 0 saturated carbocycles. The summed E-state index contributed by atoms with van der Waals surface area (Å²) >= 11 is 9.10. The topological polar surface area (TPSA) is 65.1 Å². The van der Waals surface area contributed by atoms with E-state index in [1.807, 2.05) is 17.7 Å². The van der Waals surface area contributed by atoms with Crippen molar-refractivity contribution in [2.75, 3.05) is 0 Å². The van der Waals surface area contributed by atoms with E-state index in [2.05, 4.69) is 29.1 Å². The summed E-state index contributed by atoms with van der Waals surface area (Å²) in [5.41, 5.74) is 2.28. The lowest BCUT2D eigenvalue weighted by Crippen LogP contribution is -2.15. The minimum absolute atomic E-state index is 0.172. The largest absolute Gasteiger partial charge is 0.346 e. The van der Waals surface area contributed by atoms with Crippen molar-refractivity contribution in [3.8, 4) is 0 Å². The lowest BCUT2D eigenvalue weighted by molar-refractivity contribution is 0.596. The minimum atomic E-state index is -3.84. The molecule has 0 aliphatic carbocycles. The van der Waals surface area contributed by atoms with E-state index in [1.165, 1.54) is 0 Å². The molecule has 0 spiro atoms. The van der Waals surface area contributed by atoms with Crippen molar-refractivity contribution in [1.29, 1.82) is 0 Å². The van der Waals surface area contributed by atoms with Gasteiger partial charge in [0.2, 0.25) is 10.0 Å². The van der Waals surface area contributed by atoms with E-state index < -0.39 is 10.0 Å². The molecule has 128 valence electrons. The van der Waals surface area contributed by atoms with Crippen molar-refractivity contribution >= 4 is 48.5 Å². The van der Waals surface area contributed by atoms with Gasteiger partial charge in [-0.2, -0.15) is 0 Å². The number of hydrogen-bond acceptors (Lipinski definition) is 2.